The van der Waals surface area contributed by atoms with Crippen molar-refractivity contribution >= 4 is 5.91 Å². The summed E-state index contributed by atoms with van der Waals surface area (Å²) in [5.74, 6) is 0.698. The third-order valence-electron chi connectivity index (χ3n) is 5.47. The first-order valence-electron chi connectivity index (χ1n) is 10.5. The van der Waals surface area contributed by atoms with E-state index < -0.39 is 0 Å². The highest BCUT2D eigenvalue weighted by Crippen LogP contribution is 2.21. The molecule has 3 rings (SSSR count). The van der Waals surface area contributed by atoms with Gasteiger partial charge in [-0.1, -0.05) is 31.2 Å². The van der Waals surface area contributed by atoms with E-state index in [1.54, 1.807) is 12.1 Å². The SMILES string of the molecule is CCCOc1ccc(CC(=O)N(Cc2ccc(F)cc2)C2CCN(C)CC2)cc1. The molecule has 0 radical (unpaired) electrons. The first kappa shape index (κ1) is 21.3. The number of hydrogen-bond donors (Lipinski definition) is 0. The first-order valence-corrected chi connectivity index (χ1v) is 10.5. The summed E-state index contributed by atoms with van der Waals surface area (Å²) in [4.78, 5) is 17.5. The van der Waals surface area contributed by atoms with Crippen molar-refractivity contribution in [2.45, 2.75) is 45.2 Å². The molecule has 0 spiro atoms. The Morgan fingerprint density at radius 2 is 1.69 bits per heavy atom. The van der Waals surface area contributed by atoms with Crippen LogP contribution in [0.25, 0.3) is 0 Å². The van der Waals surface area contributed by atoms with E-state index in [1.165, 1.54) is 12.1 Å². The van der Waals surface area contributed by atoms with Crippen molar-refractivity contribution in [1.82, 2.24) is 9.80 Å². The first-order chi connectivity index (χ1) is 14.0. The molecule has 0 N–H and O–H groups in total. The standard InChI is InChI=1S/C24H31FN2O2/c1-3-16-29-23-10-6-19(7-11-23)17-24(28)27(22-12-14-26(2)15-13-22)18-20-4-8-21(25)9-5-20/h4-11,22H,3,12-18H2,1-2H3. The molecular formula is C24H31FN2O2. The number of ether oxygens (including phenoxy) is 1. The van der Waals surface area contributed by atoms with E-state index in [9.17, 15) is 9.18 Å². The molecule has 156 valence electrons. The molecule has 1 aliphatic heterocycles. The summed E-state index contributed by atoms with van der Waals surface area (Å²) in [6, 6.07) is 14.5. The molecule has 0 atom stereocenters. The van der Waals surface area contributed by atoms with E-state index in [1.807, 2.05) is 29.2 Å². The number of likely N-dealkylation sites (tertiary alicyclic amines) is 1. The lowest BCUT2D eigenvalue weighted by Crippen LogP contribution is -2.46. The molecule has 1 saturated heterocycles. The summed E-state index contributed by atoms with van der Waals surface area (Å²) in [7, 11) is 2.12. The summed E-state index contributed by atoms with van der Waals surface area (Å²) in [6.45, 7) is 5.26. The van der Waals surface area contributed by atoms with Gasteiger partial charge in [0.1, 0.15) is 11.6 Å². The number of halogens is 1. The van der Waals surface area contributed by atoms with Gasteiger partial charge in [0.15, 0.2) is 0 Å². The van der Waals surface area contributed by atoms with Crippen LogP contribution in [0, 0.1) is 5.82 Å². The maximum atomic E-state index is 13.3. The monoisotopic (exact) mass is 398 g/mol. The van der Waals surface area contributed by atoms with Crippen LogP contribution in [0.5, 0.6) is 5.75 Å². The maximum absolute atomic E-state index is 13.3. The number of rotatable bonds is 8. The topological polar surface area (TPSA) is 32.8 Å². The van der Waals surface area contributed by atoms with Crippen LogP contribution in [-0.2, 0) is 17.8 Å². The van der Waals surface area contributed by atoms with Crippen LogP contribution in [0.15, 0.2) is 48.5 Å². The minimum Gasteiger partial charge on any atom is -0.494 e. The average molecular weight is 399 g/mol. The molecule has 0 unspecified atom stereocenters. The summed E-state index contributed by atoms with van der Waals surface area (Å²) in [5.41, 5.74) is 1.94. The highest BCUT2D eigenvalue weighted by molar-refractivity contribution is 5.79. The molecule has 1 aliphatic rings. The minimum absolute atomic E-state index is 0.117. The van der Waals surface area contributed by atoms with E-state index in [-0.39, 0.29) is 17.8 Å². The predicted molar refractivity (Wildman–Crippen MR) is 113 cm³/mol. The van der Waals surface area contributed by atoms with E-state index in [0.29, 0.717) is 19.6 Å². The Hall–Kier alpha value is -2.40. The Labute approximate surface area is 173 Å². The summed E-state index contributed by atoms with van der Waals surface area (Å²) < 4.78 is 18.9. The Morgan fingerprint density at radius 3 is 2.31 bits per heavy atom. The lowest BCUT2D eigenvalue weighted by molar-refractivity contribution is -0.134. The molecule has 29 heavy (non-hydrogen) atoms. The number of amides is 1. The third-order valence-corrected chi connectivity index (χ3v) is 5.47. The van der Waals surface area contributed by atoms with E-state index in [0.717, 1.165) is 49.2 Å². The van der Waals surface area contributed by atoms with Crippen LogP contribution in [-0.4, -0.2) is 48.5 Å². The van der Waals surface area contributed by atoms with Crippen LogP contribution in [0.4, 0.5) is 4.39 Å². The smallest absolute Gasteiger partial charge is 0.227 e. The van der Waals surface area contributed by atoms with Crippen molar-refractivity contribution < 1.29 is 13.9 Å². The van der Waals surface area contributed by atoms with E-state index >= 15 is 0 Å². The lowest BCUT2D eigenvalue weighted by atomic mass is 10.0. The molecule has 0 saturated carbocycles. The fourth-order valence-corrected chi connectivity index (χ4v) is 3.71. The molecular weight excluding hydrogens is 367 g/mol. The molecule has 1 fully saturated rings. The third kappa shape index (κ3) is 6.29. The van der Waals surface area contributed by atoms with E-state index in [4.69, 9.17) is 4.74 Å². The van der Waals surface area contributed by atoms with Crippen molar-refractivity contribution in [3.63, 3.8) is 0 Å². The number of piperidine rings is 1. The lowest BCUT2D eigenvalue weighted by Gasteiger charge is -2.37. The van der Waals surface area contributed by atoms with Gasteiger partial charge in [-0.2, -0.15) is 0 Å². The fraction of sp³-hybridized carbons (Fsp3) is 0.458. The summed E-state index contributed by atoms with van der Waals surface area (Å²) in [5, 5.41) is 0. The Kier molecular flexibility index (Phi) is 7.64. The second-order valence-electron chi connectivity index (χ2n) is 7.85. The normalized spacial score (nSPS) is 15.3. The maximum Gasteiger partial charge on any atom is 0.227 e. The van der Waals surface area contributed by atoms with Gasteiger partial charge in [0.2, 0.25) is 5.91 Å². The molecule has 4 nitrogen and oxygen atoms in total. The molecule has 1 amide bonds. The Morgan fingerprint density at radius 1 is 1.07 bits per heavy atom. The van der Waals surface area contributed by atoms with Gasteiger partial charge >= 0.3 is 0 Å². The van der Waals surface area contributed by atoms with Gasteiger partial charge in [-0.05, 0) is 74.8 Å². The number of nitrogens with zero attached hydrogens (tertiary/aromatic N) is 2. The van der Waals surface area contributed by atoms with Crippen LogP contribution in [0.1, 0.15) is 37.3 Å². The van der Waals surface area contributed by atoms with Gasteiger partial charge in [0.25, 0.3) is 0 Å². The second kappa shape index (κ2) is 10.4. The molecule has 0 aromatic heterocycles. The number of hydrogen-bond acceptors (Lipinski definition) is 3. The molecule has 2 aromatic rings. The average Bonchev–Trinajstić information content (AvgIpc) is 2.73. The van der Waals surface area contributed by atoms with Crippen LogP contribution in [0.3, 0.4) is 0 Å². The van der Waals surface area contributed by atoms with Gasteiger partial charge in [-0.25, -0.2) is 4.39 Å². The summed E-state index contributed by atoms with van der Waals surface area (Å²) >= 11 is 0. The summed E-state index contributed by atoms with van der Waals surface area (Å²) in [6.07, 6.45) is 3.26. The Bertz CT molecular complexity index is 768. The fourth-order valence-electron chi connectivity index (χ4n) is 3.71. The van der Waals surface area contributed by atoms with E-state index in [2.05, 4.69) is 18.9 Å². The van der Waals surface area contributed by atoms with Crippen LogP contribution >= 0.6 is 0 Å². The molecule has 2 aromatic carbocycles. The largest absolute Gasteiger partial charge is 0.494 e. The zero-order chi connectivity index (χ0) is 20.6. The van der Waals surface area contributed by atoms with Crippen molar-refractivity contribution in [2.75, 3.05) is 26.7 Å². The number of carbonyl (C=O) groups is 1. The number of carbonyl (C=O) groups excluding carboxylic acids is 1. The quantitative estimate of drug-likeness (QED) is 0.665. The van der Waals surface area contributed by atoms with Gasteiger partial charge in [-0.15, -0.1) is 0 Å². The predicted octanol–water partition coefficient (Wildman–Crippen LogP) is 4.28. The molecule has 5 heteroatoms. The van der Waals surface area contributed by atoms with Gasteiger partial charge in [-0.3, -0.25) is 4.79 Å². The molecule has 0 aliphatic carbocycles. The highest BCUT2D eigenvalue weighted by atomic mass is 19.1. The Balaban J connectivity index is 1.70. The van der Waals surface area contributed by atoms with Gasteiger partial charge in [0, 0.05) is 12.6 Å². The van der Waals surface area contributed by atoms with Gasteiger partial charge in [0.05, 0.1) is 13.0 Å². The molecule has 1 heterocycles. The second-order valence-corrected chi connectivity index (χ2v) is 7.85. The zero-order valence-electron chi connectivity index (χ0n) is 17.4. The highest BCUT2D eigenvalue weighted by Gasteiger charge is 2.27. The van der Waals surface area contributed by atoms with Crippen molar-refractivity contribution in [2.24, 2.45) is 0 Å². The van der Waals surface area contributed by atoms with Crippen LogP contribution in [0.2, 0.25) is 0 Å². The van der Waals surface area contributed by atoms with Crippen LogP contribution < -0.4 is 4.74 Å². The zero-order valence-corrected chi connectivity index (χ0v) is 17.4. The minimum atomic E-state index is -0.253. The van der Waals surface area contributed by atoms with Crippen molar-refractivity contribution in [3.05, 3.63) is 65.5 Å². The molecule has 0 bridgehead atoms. The van der Waals surface area contributed by atoms with Crippen molar-refractivity contribution in [3.8, 4) is 5.75 Å². The van der Waals surface area contributed by atoms with Gasteiger partial charge < -0.3 is 14.5 Å². The number of benzene rings is 2. The van der Waals surface area contributed by atoms with Crippen molar-refractivity contribution in [1.29, 1.82) is 0 Å².